The normalized spacial score (nSPS) is 11.6. The lowest BCUT2D eigenvalue weighted by Crippen LogP contribution is -2.02. The molecular formula is C7H2BrF4NO2S. The second-order valence-electron chi connectivity index (χ2n) is 2.54. The highest BCUT2D eigenvalue weighted by Crippen LogP contribution is 2.42. The van der Waals surface area contributed by atoms with E-state index in [4.69, 9.17) is 0 Å². The van der Waals surface area contributed by atoms with Crippen molar-refractivity contribution in [2.24, 2.45) is 0 Å². The van der Waals surface area contributed by atoms with E-state index in [0.717, 1.165) is 6.07 Å². The summed E-state index contributed by atoms with van der Waals surface area (Å²) in [6, 6.07) is 1.17. The average molecular weight is 320 g/mol. The molecule has 1 aromatic rings. The maximum absolute atomic E-state index is 12.9. The van der Waals surface area contributed by atoms with Crippen LogP contribution in [0.1, 0.15) is 0 Å². The Morgan fingerprint density at radius 1 is 1.38 bits per heavy atom. The number of hydrogen-bond acceptors (Lipinski definition) is 3. The van der Waals surface area contributed by atoms with E-state index in [-0.39, 0.29) is 4.47 Å². The fraction of sp³-hybridized carbons (Fsp3) is 0.143. The average Bonchev–Trinajstić information content (AvgIpc) is 2.07. The first-order chi connectivity index (χ1) is 7.20. The van der Waals surface area contributed by atoms with Gasteiger partial charge in [0.15, 0.2) is 0 Å². The summed E-state index contributed by atoms with van der Waals surface area (Å²) in [4.78, 5) is 8.69. The second kappa shape index (κ2) is 4.58. The van der Waals surface area contributed by atoms with E-state index in [2.05, 4.69) is 15.9 Å². The minimum Gasteiger partial charge on any atom is -0.258 e. The Bertz CT molecular complexity index is 437. The number of hydrogen-bond donors (Lipinski definition) is 0. The molecule has 16 heavy (non-hydrogen) atoms. The zero-order chi connectivity index (χ0) is 12.5. The van der Waals surface area contributed by atoms with Gasteiger partial charge in [-0.25, -0.2) is 4.39 Å². The van der Waals surface area contributed by atoms with Crippen molar-refractivity contribution in [3.8, 4) is 0 Å². The smallest absolute Gasteiger partial charge is 0.258 e. The quantitative estimate of drug-likeness (QED) is 0.356. The van der Waals surface area contributed by atoms with Crippen LogP contribution in [0.25, 0.3) is 0 Å². The van der Waals surface area contributed by atoms with Crippen molar-refractivity contribution in [1.29, 1.82) is 0 Å². The molecule has 0 amide bonds. The lowest BCUT2D eigenvalue weighted by molar-refractivity contribution is -0.388. The van der Waals surface area contributed by atoms with E-state index in [1.54, 1.807) is 0 Å². The van der Waals surface area contributed by atoms with Gasteiger partial charge in [-0.05, 0) is 33.8 Å². The maximum Gasteiger partial charge on any atom is 0.446 e. The van der Waals surface area contributed by atoms with Crippen LogP contribution in [0.15, 0.2) is 21.5 Å². The Kier molecular flexibility index (Phi) is 3.79. The summed E-state index contributed by atoms with van der Waals surface area (Å²) in [5.74, 6) is -0.988. The molecule has 0 fully saturated rings. The van der Waals surface area contributed by atoms with Crippen LogP contribution in [0.5, 0.6) is 0 Å². The highest BCUT2D eigenvalue weighted by Gasteiger charge is 2.33. The molecule has 0 aliphatic rings. The largest absolute Gasteiger partial charge is 0.446 e. The first kappa shape index (κ1) is 13.2. The summed E-state index contributed by atoms with van der Waals surface area (Å²) < 4.78 is 48.8. The molecule has 9 heteroatoms. The Balaban J connectivity index is 3.25. The molecule has 0 saturated carbocycles. The van der Waals surface area contributed by atoms with Crippen molar-refractivity contribution in [3.63, 3.8) is 0 Å². The van der Waals surface area contributed by atoms with Gasteiger partial charge in [-0.3, -0.25) is 10.1 Å². The summed E-state index contributed by atoms with van der Waals surface area (Å²) in [6.07, 6.45) is 0. The lowest BCUT2D eigenvalue weighted by Gasteiger charge is -2.06. The molecule has 0 aromatic heterocycles. The molecule has 0 heterocycles. The number of thioether (sulfide) groups is 1. The first-order valence-electron chi connectivity index (χ1n) is 3.60. The molecule has 0 spiro atoms. The van der Waals surface area contributed by atoms with Gasteiger partial charge in [-0.1, -0.05) is 0 Å². The van der Waals surface area contributed by atoms with Gasteiger partial charge in [0.25, 0.3) is 5.69 Å². The van der Waals surface area contributed by atoms with E-state index in [0.29, 0.717) is 6.07 Å². The topological polar surface area (TPSA) is 43.1 Å². The minimum atomic E-state index is -4.66. The highest BCUT2D eigenvalue weighted by atomic mass is 79.9. The third-order valence-corrected chi connectivity index (χ3v) is 2.81. The zero-order valence-corrected chi connectivity index (χ0v) is 9.62. The predicted molar refractivity (Wildman–Crippen MR) is 52.7 cm³/mol. The number of halogens is 5. The monoisotopic (exact) mass is 319 g/mol. The molecule has 1 aromatic carbocycles. The van der Waals surface area contributed by atoms with Gasteiger partial charge in [0.2, 0.25) is 0 Å². The fourth-order valence-electron chi connectivity index (χ4n) is 0.867. The van der Waals surface area contributed by atoms with E-state index >= 15 is 0 Å². The fourth-order valence-corrected chi connectivity index (χ4v) is 2.03. The molecule has 0 aliphatic heterocycles. The van der Waals surface area contributed by atoms with E-state index < -0.39 is 38.6 Å². The van der Waals surface area contributed by atoms with Crippen LogP contribution in [0.4, 0.5) is 23.2 Å². The predicted octanol–water partition coefficient (Wildman–Crippen LogP) is 4.11. The Morgan fingerprint density at radius 2 is 1.94 bits per heavy atom. The van der Waals surface area contributed by atoms with Gasteiger partial charge in [0.05, 0.1) is 20.4 Å². The number of nitrogens with zero attached hydrogens (tertiary/aromatic N) is 1. The number of nitro groups is 1. The van der Waals surface area contributed by atoms with E-state index in [1.165, 1.54) is 0 Å². The van der Waals surface area contributed by atoms with Gasteiger partial charge in [-0.2, -0.15) is 13.2 Å². The van der Waals surface area contributed by atoms with Crippen molar-refractivity contribution < 1.29 is 22.5 Å². The van der Waals surface area contributed by atoms with Crippen LogP contribution in [0, 0.1) is 15.9 Å². The molecular weight excluding hydrogens is 318 g/mol. The molecule has 0 N–H and O–H groups in total. The minimum absolute atomic E-state index is 0.259. The summed E-state index contributed by atoms with van der Waals surface area (Å²) in [6.45, 7) is 0. The Morgan fingerprint density at radius 3 is 2.38 bits per heavy atom. The maximum atomic E-state index is 12.9. The van der Waals surface area contributed by atoms with Gasteiger partial charge >= 0.3 is 5.51 Å². The molecule has 0 atom stereocenters. The first-order valence-corrected chi connectivity index (χ1v) is 5.21. The van der Waals surface area contributed by atoms with Crippen LogP contribution in [-0.2, 0) is 0 Å². The molecule has 3 nitrogen and oxygen atoms in total. The summed E-state index contributed by atoms with van der Waals surface area (Å²) in [7, 11) is 0. The summed E-state index contributed by atoms with van der Waals surface area (Å²) in [5.41, 5.74) is -5.58. The van der Waals surface area contributed by atoms with Crippen LogP contribution >= 0.6 is 27.7 Å². The van der Waals surface area contributed by atoms with Crippen LogP contribution in [-0.4, -0.2) is 10.4 Å². The Labute approximate surface area is 99.1 Å². The molecule has 0 saturated heterocycles. The molecule has 0 radical (unpaired) electrons. The molecule has 0 unspecified atom stereocenters. The van der Waals surface area contributed by atoms with Crippen LogP contribution < -0.4 is 0 Å². The molecule has 88 valence electrons. The van der Waals surface area contributed by atoms with Crippen molar-refractivity contribution in [2.45, 2.75) is 10.4 Å². The third kappa shape index (κ3) is 3.34. The van der Waals surface area contributed by atoms with Gasteiger partial charge in [-0.15, -0.1) is 0 Å². The number of rotatable bonds is 2. The van der Waals surface area contributed by atoms with Crippen molar-refractivity contribution in [2.75, 3.05) is 0 Å². The zero-order valence-electron chi connectivity index (χ0n) is 7.22. The number of nitro benzene ring substituents is 1. The van der Waals surface area contributed by atoms with E-state index in [9.17, 15) is 27.7 Å². The molecule has 1 rings (SSSR count). The molecule has 0 bridgehead atoms. The van der Waals surface area contributed by atoms with Gasteiger partial charge < -0.3 is 0 Å². The van der Waals surface area contributed by atoms with Crippen molar-refractivity contribution >= 4 is 33.4 Å². The van der Waals surface area contributed by atoms with Crippen LogP contribution in [0.2, 0.25) is 0 Å². The summed E-state index contributed by atoms with van der Waals surface area (Å²) >= 11 is 2.00. The highest BCUT2D eigenvalue weighted by molar-refractivity contribution is 9.10. The van der Waals surface area contributed by atoms with Gasteiger partial charge in [0.1, 0.15) is 5.82 Å². The summed E-state index contributed by atoms with van der Waals surface area (Å²) in [5, 5.41) is 10.4. The van der Waals surface area contributed by atoms with Crippen molar-refractivity contribution in [1.82, 2.24) is 0 Å². The van der Waals surface area contributed by atoms with Gasteiger partial charge in [0, 0.05) is 0 Å². The number of benzene rings is 1. The number of alkyl halides is 3. The third-order valence-electron chi connectivity index (χ3n) is 1.42. The standard InChI is InChI=1S/C7H2BrF4NO2S/c8-3-1-6(16-7(10,11)12)5(13(14)15)2-4(3)9/h1-2H. The lowest BCUT2D eigenvalue weighted by atomic mass is 10.3. The molecule has 0 aliphatic carbocycles. The van der Waals surface area contributed by atoms with Crippen LogP contribution in [0.3, 0.4) is 0 Å². The van der Waals surface area contributed by atoms with E-state index in [1.807, 2.05) is 0 Å². The Hall–Kier alpha value is -0.830. The SMILES string of the molecule is O=[N+]([O-])c1cc(F)c(Br)cc1SC(F)(F)F. The van der Waals surface area contributed by atoms with Crippen molar-refractivity contribution in [3.05, 3.63) is 32.5 Å². The second-order valence-corrected chi connectivity index (χ2v) is 4.50.